The van der Waals surface area contributed by atoms with Crippen molar-refractivity contribution in [1.82, 2.24) is 10.6 Å². The van der Waals surface area contributed by atoms with Crippen molar-refractivity contribution in [2.24, 2.45) is 4.99 Å². The van der Waals surface area contributed by atoms with Crippen molar-refractivity contribution in [3.8, 4) is 5.75 Å². The SMILES string of the molecule is CN=C(NCCCOCC(F)(F)F)NCc1ccccc1OC(C)(C)C. The lowest BCUT2D eigenvalue weighted by atomic mass is 10.1. The fourth-order valence-corrected chi connectivity index (χ4v) is 2.05. The molecule has 5 nitrogen and oxygen atoms in total. The maximum Gasteiger partial charge on any atom is 0.411 e. The fraction of sp³-hybridized carbons (Fsp3) is 0.611. The number of alkyl halides is 3. The van der Waals surface area contributed by atoms with Crippen LogP contribution in [0.15, 0.2) is 29.3 Å². The van der Waals surface area contributed by atoms with Crippen molar-refractivity contribution >= 4 is 5.96 Å². The Hall–Kier alpha value is -1.96. The molecule has 0 heterocycles. The molecule has 2 N–H and O–H groups in total. The van der Waals surface area contributed by atoms with E-state index in [1.807, 2.05) is 45.0 Å². The Morgan fingerprint density at radius 1 is 1.12 bits per heavy atom. The molecule has 0 bridgehead atoms. The van der Waals surface area contributed by atoms with Gasteiger partial charge < -0.3 is 20.1 Å². The topological polar surface area (TPSA) is 54.9 Å². The number of halogens is 3. The number of hydrogen-bond donors (Lipinski definition) is 2. The van der Waals surface area contributed by atoms with Crippen LogP contribution in [-0.4, -0.2) is 44.5 Å². The Bertz CT molecular complexity index is 570. The van der Waals surface area contributed by atoms with Crippen LogP contribution in [0.5, 0.6) is 5.75 Å². The average molecular weight is 375 g/mol. The Balaban J connectivity index is 2.39. The number of nitrogens with one attached hydrogen (secondary N) is 2. The molecule has 1 aromatic rings. The third kappa shape index (κ3) is 10.1. The molecule has 0 aliphatic rings. The van der Waals surface area contributed by atoms with Crippen molar-refractivity contribution in [3.63, 3.8) is 0 Å². The molecule has 0 aliphatic heterocycles. The molecular weight excluding hydrogens is 347 g/mol. The number of aliphatic imine (C=N–C) groups is 1. The standard InChI is InChI=1S/C18H28F3N3O2/c1-17(2,3)26-15-9-6-5-8-14(15)12-24-16(22-4)23-10-7-11-25-13-18(19,20)21/h5-6,8-9H,7,10-13H2,1-4H3,(H2,22,23,24). The average Bonchev–Trinajstić information content (AvgIpc) is 2.52. The van der Waals surface area contributed by atoms with Crippen LogP contribution >= 0.6 is 0 Å². The summed E-state index contributed by atoms with van der Waals surface area (Å²) in [5, 5.41) is 6.21. The lowest BCUT2D eigenvalue weighted by molar-refractivity contribution is -0.173. The number of guanidine groups is 1. The second kappa shape index (κ2) is 10.3. The van der Waals surface area contributed by atoms with E-state index in [1.165, 1.54) is 0 Å². The lowest BCUT2D eigenvalue weighted by Crippen LogP contribution is -2.37. The summed E-state index contributed by atoms with van der Waals surface area (Å²) < 4.78 is 46.4. The van der Waals surface area contributed by atoms with Gasteiger partial charge in [-0.15, -0.1) is 0 Å². The van der Waals surface area contributed by atoms with E-state index in [4.69, 9.17) is 4.74 Å². The first kappa shape index (κ1) is 22.1. The highest BCUT2D eigenvalue weighted by molar-refractivity contribution is 5.79. The smallest absolute Gasteiger partial charge is 0.411 e. The zero-order chi connectivity index (χ0) is 19.6. The number of ether oxygens (including phenoxy) is 2. The zero-order valence-corrected chi connectivity index (χ0v) is 15.7. The minimum atomic E-state index is -4.28. The van der Waals surface area contributed by atoms with Crippen LogP contribution in [0, 0.1) is 0 Å². The number of para-hydroxylation sites is 1. The minimum Gasteiger partial charge on any atom is -0.488 e. The van der Waals surface area contributed by atoms with Gasteiger partial charge in [-0.05, 0) is 33.3 Å². The van der Waals surface area contributed by atoms with E-state index >= 15 is 0 Å². The molecule has 0 atom stereocenters. The predicted octanol–water partition coefficient (Wildman–Crippen LogP) is 3.50. The Morgan fingerprint density at radius 3 is 2.42 bits per heavy atom. The van der Waals surface area contributed by atoms with Gasteiger partial charge in [-0.3, -0.25) is 4.99 Å². The molecule has 0 radical (unpaired) electrons. The molecule has 148 valence electrons. The van der Waals surface area contributed by atoms with Crippen LogP contribution < -0.4 is 15.4 Å². The quantitative estimate of drug-likeness (QED) is 0.415. The summed E-state index contributed by atoms with van der Waals surface area (Å²) in [6, 6.07) is 7.72. The molecule has 26 heavy (non-hydrogen) atoms. The van der Waals surface area contributed by atoms with E-state index in [0.717, 1.165) is 11.3 Å². The summed E-state index contributed by atoms with van der Waals surface area (Å²) in [7, 11) is 1.63. The van der Waals surface area contributed by atoms with E-state index in [2.05, 4.69) is 20.4 Å². The van der Waals surface area contributed by atoms with Crippen molar-refractivity contribution in [2.75, 3.05) is 26.8 Å². The van der Waals surface area contributed by atoms with Gasteiger partial charge in [0.15, 0.2) is 5.96 Å². The predicted molar refractivity (Wildman–Crippen MR) is 96.5 cm³/mol. The highest BCUT2D eigenvalue weighted by atomic mass is 19.4. The van der Waals surface area contributed by atoms with Crippen LogP contribution in [0.1, 0.15) is 32.8 Å². The maximum absolute atomic E-state index is 12.0. The summed E-state index contributed by atoms with van der Waals surface area (Å²) in [5.74, 6) is 1.36. The first-order valence-electron chi connectivity index (χ1n) is 8.46. The third-order valence-corrected chi connectivity index (χ3v) is 3.08. The van der Waals surface area contributed by atoms with Gasteiger partial charge in [0.05, 0.1) is 0 Å². The monoisotopic (exact) mass is 375 g/mol. The van der Waals surface area contributed by atoms with E-state index in [9.17, 15) is 13.2 Å². The van der Waals surface area contributed by atoms with E-state index in [-0.39, 0.29) is 12.2 Å². The summed E-state index contributed by atoms with van der Waals surface area (Å²) in [4.78, 5) is 4.10. The molecule has 0 saturated heterocycles. The molecular formula is C18H28F3N3O2. The van der Waals surface area contributed by atoms with Gasteiger partial charge in [0.1, 0.15) is 18.0 Å². The van der Waals surface area contributed by atoms with Crippen LogP contribution in [0.2, 0.25) is 0 Å². The molecule has 0 spiro atoms. The van der Waals surface area contributed by atoms with Crippen molar-refractivity contribution in [2.45, 2.75) is 45.5 Å². The van der Waals surface area contributed by atoms with Crippen LogP contribution in [0.25, 0.3) is 0 Å². The normalized spacial score (nSPS) is 12.8. The Kier molecular flexibility index (Phi) is 8.71. The molecule has 0 aromatic heterocycles. The molecule has 0 unspecified atom stereocenters. The fourth-order valence-electron chi connectivity index (χ4n) is 2.05. The lowest BCUT2D eigenvalue weighted by Gasteiger charge is -2.23. The molecule has 0 saturated carbocycles. The zero-order valence-electron chi connectivity index (χ0n) is 15.7. The van der Waals surface area contributed by atoms with E-state index in [0.29, 0.717) is 25.5 Å². The Labute approximate surface area is 153 Å². The first-order valence-corrected chi connectivity index (χ1v) is 8.46. The Morgan fingerprint density at radius 2 is 1.81 bits per heavy atom. The molecule has 1 aromatic carbocycles. The second-order valence-corrected chi connectivity index (χ2v) is 6.70. The summed E-state index contributed by atoms with van der Waals surface area (Å²) in [6.07, 6.45) is -3.84. The first-order chi connectivity index (χ1) is 12.1. The third-order valence-electron chi connectivity index (χ3n) is 3.08. The van der Waals surface area contributed by atoms with Gasteiger partial charge in [0.2, 0.25) is 0 Å². The number of hydrogen-bond acceptors (Lipinski definition) is 3. The summed E-state index contributed by atoms with van der Waals surface area (Å²) >= 11 is 0. The second-order valence-electron chi connectivity index (χ2n) is 6.70. The van der Waals surface area contributed by atoms with Gasteiger partial charge in [-0.25, -0.2) is 0 Å². The maximum atomic E-state index is 12.0. The molecule has 0 amide bonds. The number of benzene rings is 1. The van der Waals surface area contributed by atoms with E-state index in [1.54, 1.807) is 7.05 Å². The largest absolute Gasteiger partial charge is 0.488 e. The summed E-state index contributed by atoms with van der Waals surface area (Å²) in [5.41, 5.74) is 0.686. The number of nitrogens with zero attached hydrogens (tertiary/aromatic N) is 1. The van der Waals surface area contributed by atoms with Crippen LogP contribution in [-0.2, 0) is 11.3 Å². The van der Waals surface area contributed by atoms with Gasteiger partial charge in [0.25, 0.3) is 0 Å². The van der Waals surface area contributed by atoms with E-state index < -0.39 is 12.8 Å². The highest BCUT2D eigenvalue weighted by Crippen LogP contribution is 2.22. The van der Waals surface area contributed by atoms with Gasteiger partial charge in [-0.1, -0.05) is 18.2 Å². The van der Waals surface area contributed by atoms with Gasteiger partial charge in [-0.2, -0.15) is 13.2 Å². The molecule has 1 rings (SSSR count). The van der Waals surface area contributed by atoms with Crippen molar-refractivity contribution in [3.05, 3.63) is 29.8 Å². The van der Waals surface area contributed by atoms with Crippen molar-refractivity contribution < 1.29 is 22.6 Å². The van der Waals surface area contributed by atoms with Gasteiger partial charge in [0, 0.05) is 32.3 Å². The number of rotatable bonds is 8. The molecule has 0 fully saturated rings. The van der Waals surface area contributed by atoms with Crippen LogP contribution in [0.3, 0.4) is 0 Å². The minimum absolute atomic E-state index is 0.0335. The summed E-state index contributed by atoms with van der Waals surface area (Å²) in [6.45, 7) is 5.74. The van der Waals surface area contributed by atoms with Crippen LogP contribution in [0.4, 0.5) is 13.2 Å². The molecule has 0 aliphatic carbocycles. The molecule has 8 heteroatoms. The van der Waals surface area contributed by atoms with Crippen molar-refractivity contribution in [1.29, 1.82) is 0 Å². The highest BCUT2D eigenvalue weighted by Gasteiger charge is 2.27. The van der Waals surface area contributed by atoms with Gasteiger partial charge >= 0.3 is 6.18 Å².